The molecule has 9 heteroatoms. The van der Waals surface area contributed by atoms with E-state index in [2.05, 4.69) is 4.98 Å². The van der Waals surface area contributed by atoms with Gasteiger partial charge in [0.25, 0.3) is 0 Å². The van der Waals surface area contributed by atoms with Crippen molar-refractivity contribution in [2.45, 2.75) is 19.1 Å². The average Bonchev–Trinajstić information content (AvgIpc) is 2.92. The lowest BCUT2D eigenvalue weighted by atomic mass is 10.1. The van der Waals surface area contributed by atoms with Crippen LogP contribution in [0.15, 0.2) is 36.7 Å². The molecule has 0 spiro atoms. The van der Waals surface area contributed by atoms with Crippen LogP contribution in [0, 0.1) is 0 Å². The standard InChI is InChI=1S/C14H13F3N4O2/c15-14(16,17)10-3-1-2-9(8-10)12-19-5-7-21(12)6-4-11(22)20-13(18)23/h1-3,5,7-8H,4,6H2,(H3,18,20,22,23). The number of primary amides is 1. The Kier molecular flexibility index (Phi) is 4.68. The molecule has 2 aromatic rings. The number of aromatic nitrogens is 2. The zero-order valence-electron chi connectivity index (χ0n) is 11.8. The van der Waals surface area contributed by atoms with Gasteiger partial charge < -0.3 is 10.3 Å². The van der Waals surface area contributed by atoms with Crippen molar-refractivity contribution in [2.24, 2.45) is 5.73 Å². The first-order valence-electron chi connectivity index (χ1n) is 6.55. The van der Waals surface area contributed by atoms with Crippen LogP contribution in [0.1, 0.15) is 12.0 Å². The molecule has 0 radical (unpaired) electrons. The highest BCUT2D eigenvalue weighted by Gasteiger charge is 2.30. The normalized spacial score (nSPS) is 11.3. The van der Waals surface area contributed by atoms with Crippen molar-refractivity contribution >= 4 is 11.9 Å². The number of urea groups is 1. The van der Waals surface area contributed by atoms with Crippen molar-refractivity contribution in [3.05, 3.63) is 42.2 Å². The molecule has 0 bridgehead atoms. The van der Waals surface area contributed by atoms with Crippen molar-refractivity contribution in [2.75, 3.05) is 0 Å². The first-order valence-corrected chi connectivity index (χ1v) is 6.55. The number of nitrogens with zero attached hydrogens (tertiary/aromatic N) is 2. The highest BCUT2D eigenvalue weighted by Crippen LogP contribution is 2.31. The molecule has 0 saturated carbocycles. The van der Waals surface area contributed by atoms with Crippen LogP contribution in [0.3, 0.4) is 0 Å². The Balaban J connectivity index is 2.18. The summed E-state index contributed by atoms with van der Waals surface area (Å²) in [5.41, 5.74) is 4.32. The predicted molar refractivity (Wildman–Crippen MR) is 75.0 cm³/mol. The molecule has 0 fully saturated rings. The summed E-state index contributed by atoms with van der Waals surface area (Å²) < 4.78 is 39.8. The lowest BCUT2D eigenvalue weighted by molar-refractivity contribution is -0.137. The molecular formula is C14H13F3N4O2. The van der Waals surface area contributed by atoms with E-state index in [9.17, 15) is 22.8 Å². The molecule has 3 amide bonds. The first-order chi connectivity index (χ1) is 10.8. The van der Waals surface area contributed by atoms with Gasteiger partial charge in [-0.2, -0.15) is 13.2 Å². The van der Waals surface area contributed by atoms with Crippen LogP contribution in [0.2, 0.25) is 0 Å². The van der Waals surface area contributed by atoms with Gasteiger partial charge >= 0.3 is 12.2 Å². The van der Waals surface area contributed by atoms with Crippen LogP contribution in [-0.4, -0.2) is 21.5 Å². The van der Waals surface area contributed by atoms with E-state index in [0.717, 1.165) is 12.1 Å². The minimum absolute atomic E-state index is 0.0642. The molecule has 0 saturated heterocycles. The van der Waals surface area contributed by atoms with Gasteiger partial charge in [-0.1, -0.05) is 12.1 Å². The van der Waals surface area contributed by atoms with Gasteiger partial charge in [-0.05, 0) is 12.1 Å². The second kappa shape index (κ2) is 6.51. The predicted octanol–water partition coefficient (Wildman–Crippen LogP) is 2.15. The third-order valence-electron chi connectivity index (χ3n) is 3.01. The number of amides is 3. The van der Waals surface area contributed by atoms with Crippen LogP contribution < -0.4 is 11.1 Å². The van der Waals surface area contributed by atoms with Crippen LogP contribution in [0.4, 0.5) is 18.0 Å². The summed E-state index contributed by atoms with van der Waals surface area (Å²) in [7, 11) is 0. The molecule has 3 N–H and O–H groups in total. The van der Waals surface area contributed by atoms with Gasteiger partial charge in [0.05, 0.1) is 5.56 Å². The fourth-order valence-corrected chi connectivity index (χ4v) is 2.01. The SMILES string of the molecule is NC(=O)NC(=O)CCn1ccnc1-c1cccc(C(F)(F)F)c1. The number of imide groups is 1. The number of imidazole rings is 1. The summed E-state index contributed by atoms with van der Waals surface area (Å²) in [6.07, 6.45) is -1.56. The highest BCUT2D eigenvalue weighted by molar-refractivity contribution is 5.93. The second-order valence-electron chi connectivity index (χ2n) is 4.69. The Bertz CT molecular complexity index is 725. The summed E-state index contributed by atoms with van der Waals surface area (Å²) >= 11 is 0. The number of hydrogen-bond acceptors (Lipinski definition) is 3. The van der Waals surface area contributed by atoms with E-state index in [1.807, 2.05) is 5.32 Å². The maximum Gasteiger partial charge on any atom is 0.416 e. The maximum absolute atomic E-state index is 12.8. The van der Waals surface area contributed by atoms with E-state index in [4.69, 9.17) is 5.73 Å². The van der Waals surface area contributed by atoms with Gasteiger partial charge in [-0.15, -0.1) is 0 Å². The summed E-state index contributed by atoms with van der Waals surface area (Å²) in [6, 6.07) is 3.78. The van der Waals surface area contributed by atoms with Gasteiger partial charge in [0.2, 0.25) is 5.91 Å². The van der Waals surface area contributed by atoms with E-state index in [1.165, 1.54) is 29.1 Å². The zero-order valence-corrected chi connectivity index (χ0v) is 11.8. The fourth-order valence-electron chi connectivity index (χ4n) is 2.01. The molecule has 0 aliphatic rings. The van der Waals surface area contributed by atoms with E-state index >= 15 is 0 Å². The minimum Gasteiger partial charge on any atom is -0.351 e. The number of nitrogens with one attached hydrogen (secondary N) is 1. The van der Waals surface area contributed by atoms with Crippen molar-refractivity contribution in [1.82, 2.24) is 14.9 Å². The Labute approximate surface area is 129 Å². The monoisotopic (exact) mass is 326 g/mol. The number of aryl methyl sites for hydroxylation is 1. The maximum atomic E-state index is 12.8. The summed E-state index contributed by atoms with van der Waals surface area (Å²) in [6.45, 7) is 0.144. The molecule has 0 aliphatic carbocycles. The molecule has 6 nitrogen and oxygen atoms in total. The summed E-state index contributed by atoms with van der Waals surface area (Å²) in [5.74, 6) is -0.288. The average molecular weight is 326 g/mol. The first kappa shape index (κ1) is 16.5. The topological polar surface area (TPSA) is 90.0 Å². The number of alkyl halides is 3. The van der Waals surface area contributed by atoms with Gasteiger partial charge in [0.1, 0.15) is 5.82 Å². The Morgan fingerprint density at radius 2 is 2.04 bits per heavy atom. The second-order valence-corrected chi connectivity index (χ2v) is 4.69. The van der Waals surface area contributed by atoms with Gasteiger partial charge in [0, 0.05) is 30.9 Å². The molecule has 1 heterocycles. The highest BCUT2D eigenvalue weighted by atomic mass is 19.4. The van der Waals surface area contributed by atoms with Crippen LogP contribution in [0.5, 0.6) is 0 Å². The Morgan fingerprint density at radius 3 is 2.70 bits per heavy atom. The zero-order chi connectivity index (χ0) is 17.0. The number of carbonyl (C=O) groups excluding carboxylic acids is 2. The number of benzene rings is 1. The van der Waals surface area contributed by atoms with Gasteiger partial charge in [0.15, 0.2) is 0 Å². The number of nitrogens with two attached hydrogens (primary N) is 1. The third kappa shape index (κ3) is 4.31. The Hall–Kier alpha value is -2.84. The molecular weight excluding hydrogens is 313 g/mol. The molecule has 0 aliphatic heterocycles. The third-order valence-corrected chi connectivity index (χ3v) is 3.01. The molecule has 122 valence electrons. The van der Waals surface area contributed by atoms with Gasteiger partial charge in [-0.25, -0.2) is 9.78 Å². The van der Waals surface area contributed by atoms with Crippen molar-refractivity contribution in [3.63, 3.8) is 0 Å². The molecule has 23 heavy (non-hydrogen) atoms. The number of carbonyl (C=O) groups is 2. The van der Waals surface area contributed by atoms with E-state index < -0.39 is 23.7 Å². The molecule has 1 aromatic carbocycles. The lowest BCUT2D eigenvalue weighted by Gasteiger charge is -2.10. The van der Waals surface area contributed by atoms with E-state index in [-0.39, 0.29) is 18.5 Å². The molecule has 0 atom stereocenters. The number of halogens is 3. The summed E-state index contributed by atoms with van der Waals surface area (Å²) in [4.78, 5) is 26.0. The molecule has 1 aromatic heterocycles. The van der Waals surface area contributed by atoms with Crippen LogP contribution in [0.25, 0.3) is 11.4 Å². The van der Waals surface area contributed by atoms with Crippen molar-refractivity contribution < 1.29 is 22.8 Å². The van der Waals surface area contributed by atoms with Crippen LogP contribution >= 0.6 is 0 Å². The van der Waals surface area contributed by atoms with Crippen molar-refractivity contribution in [1.29, 1.82) is 0 Å². The largest absolute Gasteiger partial charge is 0.416 e. The molecule has 0 unspecified atom stereocenters. The molecule has 2 rings (SSSR count). The van der Waals surface area contributed by atoms with Crippen LogP contribution in [-0.2, 0) is 17.5 Å². The fraction of sp³-hybridized carbons (Fsp3) is 0.214. The summed E-state index contributed by atoms with van der Waals surface area (Å²) in [5, 5.41) is 1.91. The number of rotatable bonds is 4. The minimum atomic E-state index is -4.45. The Morgan fingerprint density at radius 1 is 1.30 bits per heavy atom. The number of hydrogen-bond donors (Lipinski definition) is 2. The smallest absolute Gasteiger partial charge is 0.351 e. The van der Waals surface area contributed by atoms with Gasteiger partial charge in [-0.3, -0.25) is 10.1 Å². The van der Waals surface area contributed by atoms with Crippen molar-refractivity contribution in [3.8, 4) is 11.4 Å². The quantitative estimate of drug-likeness (QED) is 0.902. The lowest BCUT2D eigenvalue weighted by Crippen LogP contribution is -2.35. The van der Waals surface area contributed by atoms with E-state index in [1.54, 1.807) is 0 Å². The van der Waals surface area contributed by atoms with E-state index in [0.29, 0.717) is 5.82 Å².